The summed E-state index contributed by atoms with van der Waals surface area (Å²) >= 11 is 0. The molecule has 0 aromatic rings. The van der Waals surface area contributed by atoms with E-state index < -0.39 is 6.10 Å². The van der Waals surface area contributed by atoms with Crippen LogP contribution in [0.3, 0.4) is 0 Å². The second kappa shape index (κ2) is 6.83. The maximum absolute atomic E-state index is 11.9. The van der Waals surface area contributed by atoms with E-state index in [0.29, 0.717) is 0 Å². The summed E-state index contributed by atoms with van der Waals surface area (Å²) in [5.74, 6) is 0.0878. The van der Waals surface area contributed by atoms with E-state index in [1.54, 1.807) is 6.92 Å². The first kappa shape index (κ1) is 13.4. The minimum absolute atomic E-state index is 0.0878. The zero-order valence-electron chi connectivity index (χ0n) is 9.85. The highest BCUT2D eigenvalue weighted by molar-refractivity contribution is 5.81. The molecule has 94 valence electrons. The zero-order chi connectivity index (χ0) is 12.0. The van der Waals surface area contributed by atoms with Crippen LogP contribution in [0.15, 0.2) is 0 Å². The molecular weight excluding hydrogens is 208 g/mol. The van der Waals surface area contributed by atoms with Crippen molar-refractivity contribution in [1.82, 2.24) is 10.2 Å². The summed E-state index contributed by atoms with van der Waals surface area (Å²) in [5.41, 5.74) is 0. The number of hydrogen-bond donors (Lipinski definition) is 3. The Balaban J connectivity index is 2.29. The first-order valence-corrected chi connectivity index (χ1v) is 5.96. The van der Waals surface area contributed by atoms with Gasteiger partial charge in [0.2, 0.25) is 5.91 Å². The van der Waals surface area contributed by atoms with E-state index in [9.17, 15) is 4.79 Å². The molecular formula is C11H22N2O3. The van der Waals surface area contributed by atoms with Crippen molar-refractivity contribution < 1.29 is 15.0 Å². The Hall–Kier alpha value is -0.650. The molecule has 3 N–H and O–H groups in total. The molecule has 2 unspecified atom stereocenters. The molecule has 1 rings (SSSR count). The monoisotopic (exact) mass is 230 g/mol. The molecule has 5 heteroatoms. The number of piperidine rings is 1. The highest BCUT2D eigenvalue weighted by atomic mass is 16.3. The molecule has 0 bridgehead atoms. The molecule has 16 heavy (non-hydrogen) atoms. The van der Waals surface area contributed by atoms with Crippen LogP contribution in [0.1, 0.15) is 26.2 Å². The summed E-state index contributed by atoms with van der Waals surface area (Å²) in [6.45, 7) is 3.44. The number of aliphatic hydroxyl groups is 2. The number of likely N-dealkylation sites (tertiary alicyclic amines) is 1. The Labute approximate surface area is 96.4 Å². The Bertz CT molecular complexity index is 217. The number of nitrogens with one attached hydrogen (secondary N) is 1. The fourth-order valence-corrected chi connectivity index (χ4v) is 1.85. The van der Waals surface area contributed by atoms with Crippen LogP contribution >= 0.6 is 0 Å². The third kappa shape index (κ3) is 4.08. The highest BCUT2D eigenvalue weighted by Crippen LogP contribution is 2.09. The van der Waals surface area contributed by atoms with Crippen molar-refractivity contribution in [1.29, 1.82) is 0 Å². The predicted molar refractivity (Wildman–Crippen MR) is 61.0 cm³/mol. The van der Waals surface area contributed by atoms with Gasteiger partial charge < -0.3 is 20.4 Å². The van der Waals surface area contributed by atoms with E-state index in [2.05, 4.69) is 5.32 Å². The third-order valence-electron chi connectivity index (χ3n) is 2.91. The van der Waals surface area contributed by atoms with E-state index in [4.69, 9.17) is 10.2 Å². The van der Waals surface area contributed by atoms with Crippen LogP contribution in [0, 0.1) is 0 Å². The SMILES string of the molecule is CC(NCC(O)CO)C(=O)N1CCCCC1. The van der Waals surface area contributed by atoms with Gasteiger partial charge in [-0.05, 0) is 26.2 Å². The van der Waals surface area contributed by atoms with E-state index in [-0.39, 0.29) is 25.1 Å². The molecule has 1 fully saturated rings. The second-order valence-corrected chi connectivity index (χ2v) is 4.35. The molecule has 1 aliphatic rings. The van der Waals surface area contributed by atoms with Gasteiger partial charge in [-0.1, -0.05) is 0 Å². The number of amides is 1. The second-order valence-electron chi connectivity index (χ2n) is 4.35. The standard InChI is InChI=1S/C11H22N2O3/c1-9(12-7-10(15)8-14)11(16)13-5-3-2-4-6-13/h9-10,12,14-15H,2-8H2,1H3. The zero-order valence-corrected chi connectivity index (χ0v) is 9.85. The Kier molecular flexibility index (Phi) is 5.73. The third-order valence-corrected chi connectivity index (χ3v) is 2.91. The van der Waals surface area contributed by atoms with Crippen molar-refractivity contribution in [3.05, 3.63) is 0 Å². The Morgan fingerprint density at radius 3 is 2.56 bits per heavy atom. The lowest BCUT2D eigenvalue weighted by molar-refractivity contribution is -0.134. The number of hydrogen-bond acceptors (Lipinski definition) is 4. The number of nitrogens with zero attached hydrogens (tertiary/aromatic N) is 1. The summed E-state index contributed by atoms with van der Waals surface area (Å²) in [7, 11) is 0. The topological polar surface area (TPSA) is 72.8 Å². The number of aliphatic hydroxyl groups excluding tert-OH is 2. The van der Waals surface area contributed by atoms with Gasteiger partial charge in [-0.3, -0.25) is 4.79 Å². The normalized spacial score (nSPS) is 20.6. The van der Waals surface area contributed by atoms with Gasteiger partial charge in [0.05, 0.1) is 18.8 Å². The van der Waals surface area contributed by atoms with Crippen LogP contribution in [-0.4, -0.2) is 59.4 Å². The molecule has 2 atom stereocenters. The van der Waals surface area contributed by atoms with Crippen LogP contribution in [-0.2, 0) is 4.79 Å². The van der Waals surface area contributed by atoms with Crippen molar-refractivity contribution in [2.24, 2.45) is 0 Å². The molecule has 0 saturated carbocycles. The molecule has 0 aliphatic carbocycles. The van der Waals surface area contributed by atoms with E-state index >= 15 is 0 Å². The van der Waals surface area contributed by atoms with Crippen LogP contribution in [0.2, 0.25) is 0 Å². The Morgan fingerprint density at radius 2 is 2.00 bits per heavy atom. The van der Waals surface area contributed by atoms with Crippen LogP contribution in [0.5, 0.6) is 0 Å². The molecule has 1 heterocycles. The van der Waals surface area contributed by atoms with Gasteiger partial charge in [-0.15, -0.1) is 0 Å². The average Bonchev–Trinajstić information content (AvgIpc) is 2.35. The quantitative estimate of drug-likeness (QED) is 0.586. The lowest BCUT2D eigenvalue weighted by Gasteiger charge is -2.29. The molecule has 0 spiro atoms. The summed E-state index contributed by atoms with van der Waals surface area (Å²) in [4.78, 5) is 13.8. The average molecular weight is 230 g/mol. The summed E-state index contributed by atoms with van der Waals surface area (Å²) in [6, 6.07) is -0.292. The first-order valence-electron chi connectivity index (χ1n) is 5.96. The molecule has 1 amide bonds. The van der Waals surface area contributed by atoms with Crippen LogP contribution in [0.4, 0.5) is 0 Å². The molecule has 0 aromatic heterocycles. The van der Waals surface area contributed by atoms with Crippen LogP contribution in [0.25, 0.3) is 0 Å². The molecule has 0 aromatic carbocycles. The fourth-order valence-electron chi connectivity index (χ4n) is 1.85. The number of carbonyl (C=O) groups excluding carboxylic acids is 1. The molecule has 1 saturated heterocycles. The summed E-state index contributed by atoms with van der Waals surface area (Å²) in [5, 5.41) is 20.7. The summed E-state index contributed by atoms with van der Waals surface area (Å²) in [6.07, 6.45) is 2.57. The van der Waals surface area contributed by atoms with Crippen molar-refractivity contribution in [3.8, 4) is 0 Å². The highest BCUT2D eigenvalue weighted by Gasteiger charge is 2.21. The minimum Gasteiger partial charge on any atom is -0.394 e. The van der Waals surface area contributed by atoms with E-state index in [0.717, 1.165) is 25.9 Å². The molecule has 1 aliphatic heterocycles. The summed E-state index contributed by atoms with van der Waals surface area (Å²) < 4.78 is 0. The van der Waals surface area contributed by atoms with Gasteiger partial charge >= 0.3 is 0 Å². The molecule has 0 radical (unpaired) electrons. The van der Waals surface area contributed by atoms with Gasteiger partial charge in [-0.25, -0.2) is 0 Å². The smallest absolute Gasteiger partial charge is 0.239 e. The fraction of sp³-hybridized carbons (Fsp3) is 0.909. The lowest BCUT2D eigenvalue weighted by atomic mass is 10.1. The lowest BCUT2D eigenvalue weighted by Crippen LogP contribution is -2.48. The van der Waals surface area contributed by atoms with Crippen molar-refractivity contribution in [2.45, 2.75) is 38.3 Å². The van der Waals surface area contributed by atoms with Gasteiger partial charge in [0.15, 0.2) is 0 Å². The largest absolute Gasteiger partial charge is 0.394 e. The number of rotatable bonds is 5. The van der Waals surface area contributed by atoms with Crippen LogP contribution < -0.4 is 5.32 Å². The van der Waals surface area contributed by atoms with E-state index in [1.165, 1.54) is 6.42 Å². The maximum Gasteiger partial charge on any atom is 0.239 e. The van der Waals surface area contributed by atoms with Crippen molar-refractivity contribution >= 4 is 5.91 Å². The first-order chi connectivity index (χ1) is 7.65. The maximum atomic E-state index is 11.9. The van der Waals surface area contributed by atoms with Gasteiger partial charge in [-0.2, -0.15) is 0 Å². The van der Waals surface area contributed by atoms with Crippen molar-refractivity contribution in [3.63, 3.8) is 0 Å². The minimum atomic E-state index is -0.795. The van der Waals surface area contributed by atoms with Gasteiger partial charge in [0, 0.05) is 19.6 Å². The van der Waals surface area contributed by atoms with E-state index in [1.807, 2.05) is 4.90 Å². The predicted octanol–water partition coefficient (Wildman–Crippen LogP) is -0.670. The number of carbonyl (C=O) groups is 1. The van der Waals surface area contributed by atoms with Gasteiger partial charge in [0.1, 0.15) is 0 Å². The Morgan fingerprint density at radius 1 is 1.38 bits per heavy atom. The van der Waals surface area contributed by atoms with Gasteiger partial charge in [0.25, 0.3) is 0 Å². The van der Waals surface area contributed by atoms with Crippen molar-refractivity contribution in [2.75, 3.05) is 26.2 Å². The molecule has 5 nitrogen and oxygen atoms in total.